The maximum atomic E-state index is 11.3. The van der Waals surface area contributed by atoms with Crippen molar-refractivity contribution in [2.45, 2.75) is 5.41 Å². The Balaban J connectivity index is 2.24. The van der Waals surface area contributed by atoms with Crippen LogP contribution in [0, 0.1) is 0 Å². The van der Waals surface area contributed by atoms with Crippen molar-refractivity contribution in [2.24, 2.45) is 0 Å². The Morgan fingerprint density at radius 3 is 2.62 bits per heavy atom. The van der Waals surface area contributed by atoms with E-state index in [2.05, 4.69) is 15.9 Å². The minimum Gasteiger partial charge on any atom is -0.491 e. The van der Waals surface area contributed by atoms with Gasteiger partial charge in [-0.2, -0.15) is 0 Å². The van der Waals surface area contributed by atoms with Crippen LogP contribution in [0.1, 0.15) is 21.5 Å². The summed E-state index contributed by atoms with van der Waals surface area (Å²) in [5.41, 5.74) is 1.04. The van der Waals surface area contributed by atoms with Gasteiger partial charge in [0.15, 0.2) is 0 Å². The number of ether oxygens (including phenoxy) is 1. The Bertz CT molecular complexity index is 699. The van der Waals surface area contributed by atoms with Crippen molar-refractivity contribution in [1.82, 2.24) is 0 Å². The third kappa shape index (κ3) is 2.13. The molecule has 0 spiro atoms. The number of carboxylic acids is 1. The van der Waals surface area contributed by atoms with Crippen molar-refractivity contribution in [1.29, 1.82) is 0 Å². The van der Waals surface area contributed by atoms with Crippen molar-refractivity contribution in [3.63, 3.8) is 0 Å². The van der Waals surface area contributed by atoms with Crippen LogP contribution >= 0.6 is 15.9 Å². The van der Waals surface area contributed by atoms with E-state index in [0.29, 0.717) is 15.8 Å². The van der Waals surface area contributed by atoms with Gasteiger partial charge in [0.25, 0.3) is 0 Å². The summed E-state index contributed by atoms with van der Waals surface area (Å²) >= 11 is 3.35. The number of hydrogen-bond donors (Lipinski definition) is 2. The summed E-state index contributed by atoms with van der Waals surface area (Å²) in [6, 6.07) is 12.6. The van der Waals surface area contributed by atoms with Gasteiger partial charge in [0, 0.05) is 5.56 Å². The van der Waals surface area contributed by atoms with Gasteiger partial charge < -0.3 is 14.9 Å². The molecule has 108 valence electrons. The first-order valence-corrected chi connectivity index (χ1v) is 7.24. The van der Waals surface area contributed by atoms with Gasteiger partial charge in [0.05, 0.1) is 22.1 Å². The van der Waals surface area contributed by atoms with E-state index in [1.54, 1.807) is 6.07 Å². The van der Waals surface area contributed by atoms with E-state index in [1.165, 1.54) is 6.07 Å². The first-order valence-electron chi connectivity index (χ1n) is 6.45. The van der Waals surface area contributed by atoms with Gasteiger partial charge >= 0.3 is 5.97 Å². The number of aliphatic hydroxyl groups excluding tert-OH is 1. The fourth-order valence-electron chi connectivity index (χ4n) is 2.71. The molecule has 1 aliphatic heterocycles. The van der Waals surface area contributed by atoms with Crippen LogP contribution in [-0.2, 0) is 5.41 Å². The van der Waals surface area contributed by atoms with E-state index in [0.717, 1.165) is 5.56 Å². The molecule has 5 heteroatoms. The fourth-order valence-corrected chi connectivity index (χ4v) is 3.28. The van der Waals surface area contributed by atoms with Crippen molar-refractivity contribution >= 4 is 21.9 Å². The molecule has 1 unspecified atom stereocenters. The number of halogens is 1. The summed E-state index contributed by atoms with van der Waals surface area (Å²) in [6.45, 7) is 0.129. The van der Waals surface area contributed by atoms with Crippen molar-refractivity contribution in [3.8, 4) is 5.75 Å². The molecule has 0 aromatic heterocycles. The summed E-state index contributed by atoms with van der Waals surface area (Å²) in [4.78, 5) is 11.3. The lowest BCUT2D eigenvalue weighted by atomic mass is 9.76. The molecule has 0 radical (unpaired) electrons. The highest BCUT2D eigenvalue weighted by molar-refractivity contribution is 9.10. The van der Waals surface area contributed by atoms with E-state index in [9.17, 15) is 15.0 Å². The second kappa shape index (κ2) is 5.16. The van der Waals surface area contributed by atoms with Crippen LogP contribution < -0.4 is 4.74 Å². The molecule has 0 amide bonds. The molecule has 2 aromatic carbocycles. The minimum absolute atomic E-state index is 0.153. The molecule has 1 heterocycles. The van der Waals surface area contributed by atoms with Gasteiger partial charge in [-0.05, 0) is 33.6 Å². The van der Waals surface area contributed by atoms with Crippen LogP contribution in [0.4, 0.5) is 0 Å². The molecule has 0 aliphatic carbocycles. The van der Waals surface area contributed by atoms with E-state index < -0.39 is 11.4 Å². The predicted octanol–water partition coefficient (Wildman–Crippen LogP) is 2.82. The largest absolute Gasteiger partial charge is 0.491 e. The summed E-state index contributed by atoms with van der Waals surface area (Å²) in [7, 11) is 0. The monoisotopic (exact) mass is 348 g/mol. The minimum atomic E-state index is -1.01. The summed E-state index contributed by atoms with van der Waals surface area (Å²) in [5, 5.41) is 19.2. The number of benzene rings is 2. The lowest BCUT2D eigenvalue weighted by Gasteiger charge is -2.26. The fraction of sp³-hybridized carbons (Fsp3) is 0.188. The smallest absolute Gasteiger partial charge is 0.335 e. The van der Waals surface area contributed by atoms with E-state index in [1.807, 2.05) is 30.3 Å². The number of carbonyl (C=O) groups is 1. The first kappa shape index (κ1) is 14.1. The van der Waals surface area contributed by atoms with Gasteiger partial charge in [0.1, 0.15) is 12.4 Å². The number of hydrogen-bond acceptors (Lipinski definition) is 3. The van der Waals surface area contributed by atoms with Crippen LogP contribution in [0.3, 0.4) is 0 Å². The average Bonchev–Trinajstić information content (AvgIpc) is 2.88. The normalized spacial score (nSPS) is 19.9. The van der Waals surface area contributed by atoms with Gasteiger partial charge in [-0.15, -0.1) is 0 Å². The Morgan fingerprint density at radius 1 is 1.29 bits per heavy atom. The van der Waals surface area contributed by atoms with Crippen molar-refractivity contribution < 1.29 is 19.7 Å². The maximum absolute atomic E-state index is 11.3. The van der Waals surface area contributed by atoms with Crippen LogP contribution in [0.2, 0.25) is 0 Å². The lowest BCUT2D eigenvalue weighted by Crippen LogP contribution is -2.33. The van der Waals surface area contributed by atoms with Crippen LogP contribution in [0.25, 0.3) is 0 Å². The molecule has 0 saturated heterocycles. The number of aliphatic hydroxyl groups is 1. The molecular formula is C16H13BrO4. The zero-order valence-electron chi connectivity index (χ0n) is 11.0. The Morgan fingerprint density at radius 2 is 2.00 bits per heavy atom. The Labute approximate surface area is 130 Å². The van der Waals surface area contributed by atoms with Crippen molar-refractivity contribution in [2.75, 3.05) is 13.2 Å². The van der Waals surface area contributed by atoms with Gasteiger partial charge in [-0.1, -0.05) is 30.3 Å². The lowest BCUT2D eigenvalue weighted by molar-refractivity contribution is 0.0696. The first-order chi connectivity index (χ1) is 10.1. The molecule has 2 N–H and O–H groups in total. The Kier molecular flexibility index (Phi) is 3.47. The van der Waals surface area contributed by atoms with E-state index in [-0.39, 0.29) is 18.8 Å². The number of aromatic carboxylic acids is 1. The summed E-state index contributed by atoms with van der Waals surface area (Å²) < 4.78 is 6.31. The summed E-state index contributed by atoms with van der Waals surface area (Å²) in [6.07, 6.45) is 0. The molecule has 0 fully saturated rings. The topological polar surface area (TPSA) is 66.8 Å². The van der Waals surface area contributed by atoms with E-state index in [4.69, 9.17) is 4.74 Å². The number of fused-ring (bicyclic) bond motifs is 1. The number of rotatable bonds is 3. The third-order valence-electron chi connectivity index (χ3n) is 3.87. The maximum Gasteiger partial charge on any atom is 0.335 e. The zero-order valence-corrected chi connectivity index (χ0v) is 12.6. The molecule has 1 atom stereocenters. The Hall–Kier alpha value is -1.85. The van der Waals surface area contributed by atoms with Crippen LogP contribution in [0.5, 0.6) is 5.75 Å². The molecule has 0 saturated carbocycles. The second-order valence-electron chi connectivity index (χ2n) is 5.03. The molecule has 3 rings (SSSR count). The molecule has 21 heavy (non-hydrogen) atoms. The van der Waals surface area contributed by atoms with Crippen LogP contribution in [0.15, 0.2) is 46.9 Å². The highest BCUT2D eigenvalue weighted by atomic mass is 79.9. The highest BCUT2D eigenvalue weighted by Gasteiger charge is 2.43. The molecule has 0 bridgehead atoms. The SMILES string of the molecule is O=C(O)c1cc(Br)c2c(c1)C(CO)(c1ccccc1)CO2. The van der Waals surface area contributed by atoms with Crippen LogP contribution in [-0.4, -0.2) is 29.4 Å². The summed E-state index contributed by atoms with van der Waals surface area (Å²) in [5.74, 6) is -0.414. The molecular weight excluding hydrogens is 336 g/mol. The zero-order chi connectivity index (χ0) is 15.0. The predicted molar refractivity (Wildman–Crippen MR) is 80.9 cm³/mol. The second-order valence-corrected chi connectivity index (χ2v) is 5.89. The highest BCUT2D eigenvalue weighted by Crippen LogP contribution is 2.47. The van der Waals surface area contributed by atoms with Gasteiger partial charge in [-0.3, -0.25) is 0 Å². The molecule has 2 aromatic rings. The quantitative estimate of drug-likeness (QED) is 0.894. The number of carboxylic acid groups (broad SMARTS) is 1. The average molecular weight is 349 g/mol. The van der Waals surface area contributed by atoms with Gasteiger partial charge in [0.2, 0.25) is 0 Å². The molecule has 1 aliphatic rings. The third-order valence-corrected chi connectivity index (χ3v) is 4.45. The van der Waals surface area contributed by atoms with Crippen molar-refractivity contribution in [3.05, 3.63) is 63.6 Å². The standard InChI is InChI=1S/C16H13BrO4/c17-13-7-10(15(19)20)6-12-14(13)21-9-16(12,8-18)11-4-2-1-3-5-11/h1-7,18H,8-9H2,(H,19,20). The van der Waals surface area contributed by atoms with Gasteiger partial charge in [-0.25, -0.2) is 4.79 Å². The van der Waals surface area contributed by atoms with E-state index >= 15 is 0 Å². The molecule has 4 nitrogen and oxygen atoms in total.